The lowest BCUT2D eigenvalue weighted by Crippen LogP contribution is -2.17. The van der Waals surface area contributed by atoms with Gasteiger partial charge in [-0.05, 0) is 160 Å². The van der Waals surface area contributed by atoms with Gasteiger partial charge >= 0.3 is 0 Å². The maximum absolute atomic E-state index is 6.14. The van der Waals surface area contributed by atoms with Gasteiger partial charge in [0.05, 0.1) is 38.9 Å². The monoisotopic (exact) mass is 1610 g/mol. The summed E-state index contributed by atoms with van der Waals surface area (Å²) in [7, 11) is 0. The van der Waals surface area contributed by atoms with Gasteiger partial charge in [-0.1, -0.05) is 46.9 Å². The number of nitrogens with zero attached hydrogens (tertiary/aromatic N) is 21. The van der Waals surface area contributed by atoms with E-state index in [0.717, 1.165) is 142 Å². The first kappa shape index (κ1) is 63.6. The number of ether oxygens (including phenoxy) is 2. The van der Waals surface area contributed by atoms with Crippen molar-refractivity contribution < 1.29 is 9.47 Å². The summed E-state index contributed by atoms with van der Waals surface area (Å²) in [5, 5.41) is 7.13. The molecule has 2 atom stereocenters. The molecule has 0 bridgehead atoms. The van der Waals surface area contributed by atoms with Crippen LogP contribution in [0.2, 0.25) is 15.3 Å². The number of fused-ring (bicyclic) bond motifs is 5. The van der Waals surface area contributed by atoms with Crippen molar-refractivity contribution in [3.8, 4) is 22.5 Å². The number of nitrogens with one attached hydrogen (secondary N) is 1. The summed E-state index contributed by atoms with van der Waals surface area (Å²) in [5.74, 6) is 0.789. The topological polar surface area (TPSA) is 284 Å². The average Bonchev–Trinajstić information content (AvgIpc) is 2.04. The highest BCUT2D eigenvalue weighted by atomic mass is 127. The largest absolute Gasteiger partial charge is 0.358 e. The van der Waals surface area contributed by atoms with Crippen LogP contribution in [0, 0.1) is 17.9 Å². The molecule has 1 N–H and O–H groups in total. The summed E-state index contributed by atoms with van der Waals surface area (Å²) in [6.07, 6.45) is 33.7. The van der Waals surface area contributed by atoms with Gasteiger partial charge in [0, 0.05) is 91.4 Å². The zero-order valence-corrected chi connectivity index (χ0v) is 56.9. The van der Waals surface area contributed by atoms with Crippen LogP contribution in [0.25, 0.3) is 55.6 Å². The summed E-state index contributed by atoms with van der Waals surface area (Å²) in [5.41, 5.74) is 13.9. The molecule has 4 aliphatic heterocycles. The number of pyridine rings is 1. The molecule has 0 spiro atoms. The second-order valence-electron chi connectivity index (χ2n) is 20.4. The summed E-state index contributed by atoms with van der Waals surface area (Å²) in [4.78, 5) is 80.5. The third-order valence-corrected chi connectivity index (χ3v) is 18.2. The van der Waals surface area contributed by atoms with Crippen LogP contribution < -0.4 is 5.32 Å². The molecule has 16 rings (SSSR count). The number of rotatable bonds is 8. The van der Waals surface area contributed by atoms with Gasteiger partial charge in [0.15, 0.2) is 11.3 Å². The summed E-state index contributed by atoms with van der Waals surface area (Å²) >= 11 is 24.1. The van der Waals surface area contributed by atoms with Crippen molar-refractivity contribution in [2.24, 2.45) is 9.98 Å². The predicted octanol–water partition coefficient (Wildman–Crippen LogP) is 13.9. The van der Waals surface area contributed by atoms with Crippen molar-refractivity contribution in [3.63, 3.8) is 0 Å². The Morgan fingerprint density at radius 1 is 0.538 bits per heavy atom. The van der Waals surface area contributed by atoms with E-state index < -0.39 is 0 Å². The van der Waals surface area contributed by atoms with Gasteiger partial charge in [0.25, 0.3) is 0 Å². The molecule has 4 aliphatic rings. The number of aromatic nitrogens is 19. The molecule has 14 heterocycles. The summed E-state index contributed by atoms with van der Waals surface area (Å²) in [6.45, 7) is 3.71. The number of hydrogen-bond donors (Lipinski definition) is 1. The van der Waals surface area contributed by atoms with E-state index in [1.807, 2.05) is 58.2 Å². The lowest BCUT2D eigenvalue weighted by molar-refractivity contribution is -0.0299. The molecule has 2 aromatic carbocycles. The number of aliphatic imine (C=N–C) groups is 2. The Balaban J connectivity index is 0.000000122. The van der Waals surface area contributed by atoms with Gasteiger partial charge in [-0.15, -0.1) is 0 Å². The SMILES string of the molecule is Cc1ccc2c(Nc3ccc(Cl)cc3)nccc2c1Cc1ncncc1-c1ncnc2c1N=CC2.Clc1ncncc1-c1ncnc2c1ncn2C1CCCCO1.Clc1ncncc1I.Ic1ncnc2c1N=CC2.Ic1ncnc2c1ncn2C1CCCCO1. The first-order valence-corrected chi connectivity index (χ1v) is 32.8. The van der Waals surface area contributed by atoms with Crippen LogP contribution in [0.5, 0.6) is 0 Å². The van der Waals surface area contributed by atoms with E-state index in [2.05, 4.69) is 193 Å². The first-order chi connectivity index (χ1) is 44.6. The van der Waals surface area contributed by atoms with E-state index in [1.165, 1.54) is 36.5 Å². The molecule has 2 fully saturated rings. The standard InChI is InChI=1S/C27H20ClN7.C14H13ClN6O.C10H11IN4O.C6H4IN3.C4H2ClIN2/c1-16-2-7-20-19(8-10-31-27(20)35-18-5-3-17(28)4-6-18)21(16)12-24-22(13-29-14-32-24)25-26-23(9-11-30-26)33-15-34-25;15-13-9(5-16-6-18-13)11-12-14(19-7-17-11)21(8-20-12)10-3-1-2-4-22-10;11-9-8-10(13-5-12-9)15(6-14-8)7-3-1-2-4-16-7;7-6-5-4(1-2-8-5)9-3-10-6;5-4-3(6)1-7-2-8-4/h2-8,10-11,13-15H,9,12H2,1H3,(H,31,35);5-8,10H,1-4H2;5-7H,1-4H2;2-3H,1H2;1-2H. The van der Waals surface area contributed by atoms with Crippen LogP contribution in [0.3, 0.4) is 0 Å². The van der Waals surface area contributed by atoms with E-state index >= 15 is 0 Å². The fourth-order valence-electron chi connectivity index (χ4n) is 10.3. The Morgan fingerprint density at radius 3 is 1.81 bits per heavy atom. The van der Waals surface area contributed by atoms with E-state index in [1.54, 1.807) is 50.4 Å². The lowest BCUT2D eigenvalue weighted by Gasteiger charge is -2.23. The highest BCUT2D eigenvalue weighted by Gasteiger charge is 2.24. The first-order valence-electron chi connectivity index (χ1n) is 28.4. The highest BCUT2D eigenvalue weighted by Crippen LogP contribution is 2.38. The van der Waals surface area contributed by atoms with Crippen molar-refractivity contribution in [1.29, 1.82) is 0 Å². The van der Waals surface area contributed by atoms with Gasteiger partial charge in [0.1, 0.15) is 114 Å². The molecular weight excluding hydrogens is 1560 g/mol. The quantitative estimate of drug-likeness (QED) is 0.109. The third-order valence-electron chi connectivity index (χ3n) is 14.7. The zero-order chi connectivity index (χ0) is 62.6. The maximum Gasteiger partial charge on any atom is 0.166 e. The van der Waals surface area contributed by atoms with Crippen LogP contribution in [-0.4, -0.2) is 120 Å². The maximum atomic E-state index is 6.14. The molecule has 2 saturated heterocycles. The summed E-state index contributed by atoms with van der Waals surface area (Å²) in [6, 6.07) is 13.9. The number of benzene rings is 2. The van der Waals surface area contributed by atoms with Gasteiger partial charge < -0.3 is 14.8 Å². The number of imidazole rings is 2. The molecule has 0 amide bonds. The van der Waals surface area contributed by atoms with Crippen LogP contribution in [0.1, 0.15) is 79.2 Å². The molecule has 10 aromatic heterocycles. The Bertz CT molecular complexity index is 4590. The second kappa shape index (κ2) is 30.3. The van der Waals surface area contributed by atoms with Gasteiger partial charge in [0.2, 0.25) is 0 Å². The predicted molar refractivity (Wildman–Crippen MR) is 372 cm³/mol. The molecule has 91 heavy (non-hydrogen) atoms. The van der Waals surface area contributed by atoms with Crippen molar-refractivity contribution in [1.82, 2.24) is 93.9 Å². The fourth-order valence-corrected chi connectivity index (χ4v) is 12.0. The average molecular weight is 1610 g/mol. The van der Waals surface area contributed by atoms with E-state index in [4.69, 9.17) is 44.3 Å². The molecular formula is C61H50Cl3I3N22O2. The number of hydrogen-bond acceptors (Lipinski definition) is 22. The molecule has 2 unspecified atom stereocenters. The zero-order valence-electron chi connectivity index (χ0n) is 48.1. The molecule has 0 saturated carbocycles. The van der Waals surface area contributed by atoms with Crippen molar-refractivity contribution in [3.05, 3.63) is 179 Å². The van der Waals surface area contributed by atoms with Crippen molar-refractivity contribution in [2.45, 2.75) is 77.2 Å². The minimum atomic E-state index is -0.0241. The second-order valence-corrected chi connectivity index (χ2v) is 24.7. The smallest absolute Gasteiger partial charge is 0.166 e. The van der Waals surface area contributed by atoms with Crippen LogP contribution in [0.15, 0.2) is 134 Å². The summed E-state index contributed by atoms with van der Waals surface area (Å²) < 4.78 is 18.2. The van der Waals surface area contributed by atoms with Crippen molar-refractivity contribution >= 4 is 171 Å². The molecule has 0 radical (unpaired) electrons. The molecule has 0 aliphatic carbocycles. The van der Waals surface area contributed by atoms with Crippen LogP contribution in [0.4, 0.5) is 22.9 Å². The van der Waals surface area contributed by atoms with Gasteiger partial charge in [-0.3, -0.25) is 19.1 Å². The normalized spacial score (nSPS) is 15.3. The van der Waals surface area contributed by atoms with E-state index in [0.29, 0.717) is 44.9 Å². The Hall–Kier alpha value is -7.53. The van der Waals surface area contributed by atoms with Crippen molar-refractivity contribution in [2.75, 3.05) is 18.5 Å². The van der Waals surface area contributed by atoms with Gasteiger partial charge in [-0.2, -0.15) is 0 Å². The Labute approximate surface area is 576 Å². The molecule has 458 valence electrons. The third kappa shape index (κ3) is 15.0. The minimum Gasteiger partial charge on any atom is -0.358 e. The Kier molecular flexibility index (Phi) is 21.2. The highest BCUT2D eigenvalue weighted by molar-refractivity contribution is 14.1. The molecule has 12 aromatic rings. The minimum absolute atomic E-state index is 0.0241. The number of halogens is 6. The number of anilines is 2. The number of aryl methyl sites for hydroxylation is 1. The Morgan fingerprint density at radius 2 is 1.14 bits per heavy atom. The van der Waals surface area contributed by atoms with Gasteiger partial charge in [-0.25, -0.2) is 84.7 Å². The van der Waals surface area contributed by atoms with Crippen LogP contribution in [-0.2, 0) is 28.7 Å². The lowest BCUT2D eigenvalue weighted by atomic mass is 9.94. The van der Waals surface area contributed by atoms with E-state index in [9.17, 15) is 0 Å². The van der Waals surface area contributed by atoms with Crippen LogP contribution >= 0.6 is 103 Å². The fraction of sp³-hybridized carbons (Fsp3) is 0.230. The molecule has 30 heteroatoms. The molecule has 24 nitrogen and oxygen atoms in total. The van der Waals surface area contributed by atoms with E-state index in [-0.39, 0.29) is 12.5 Å².